The van der Waals surface area contributed by atoms with E-state index in [-0.39, 0.29) is 17.2 Å². The fraction of sp³-hybridized carbons (Fsp3) is 0.462. The molecule has 0 spiro atoms. The number of benzene rings is 1. The molecule has 0 saturated heterocycles. The minimum Gasteiger partial charge on any atom is -0.326 e. The number of amides is 1. The average molecular weight is 218 g/mol. The van der Waals surface area contributed by atoms with Crippen molar-refractivity contribution in [1.82, 2.24) is 0 Å². The second kappa shape index (κ2) is 3.91. The summed E-state index contributed by atoms with van der Waals surface area (Å²) in [4.78, 5) is 11.9. The summed E-state index contributed by atoms with van der Waals surface area (Å²) in [6.07, 6.45) is 0.976. The third-order valence-electron chi connectivity index (χ3n) is 3.33. The summed E-state index contributed by atoms with van der Waals surface area (Å²) in [6.45, 7) is 4.68. The molecule has 1 aromatic rings. The van der Waals surface area contributed by atoms with E-state index in [1.807, 2.05) is 24.3 Å². The molecular weight excluding hydrogens is 200 g/mol. The molecule has 1 aliphatic rings. The Morgan fingerprint density at radius 1 is 1.50 bits per heavy atom. The van der Waals surface area contributed by atoms with Gasteiger partial charge in [0.05, 0.1) is 0 Å². The number of anilines is 1. The van der Waals surface area contributed by atoms with Gasteiger partial charge in [-0.05, 0) is 23.5 Å². The summed E-state index contributed by atoms with van der Waals surface area (Å²) in [7, 11) is 0. The monoisotopic (exact) mass is 218 g/mol. The van der Waals surface area contributed by atoms with Gasteiger partial charge in [-0.15, -0.1) is 0 Å². The molecule has 1 atom stereocenters. The molecule has 3 nitrogen and oxygen atoms in total. The van der Waals surface area contributed by atoms with Gasteiger partial charge in [-0.2, -0.15) is 0 Å². The summed E-state index contributed by atoms with van der Waals surface area (Å²) >= 11 is 0. The van der Waals surface area contributed by atoms with Gasteiger partial charge in [-0.1, -0.05) is 32.0 Å². The van der Waals surface area contributed by atoms with E-state index < -0.39 is 0 Å². The van der Waals surface area contributed by atoms with Gasteiger partial charge >= 0.3 is 0 Å². The minimum absolute atomic E-state index is 0.117. The first-order valence-corrected chi connectivity index (χ1v) is 5.63. The molecule has 1 unspecified atom stereocenters. The van der Waals surface area contributed by atoms with Gasteiger partial charge < -0.3 is 11.1 Å². The van der Waals surface area contributed by atoms with Gasteiger partial charge in [0.25, 0.3) is 0 Å². The van der Waals surface area contributed by atoms with Crippen LogP contribution in [0, 0.1) is 11.3 Å². The van der Waals surface area contributed by atoms with Gasteiger partial charge in [0.15, 0.2) is 0 Å². The van der Waals surface area contributed by atoms with Crippen LogP contribution < -0.4 is 11.1 Å². The lowest BCUT2D eigenvalue weighted by Gasteiger charge is -2.10. The predicted octanol–water partition coefficient (Wildman–Crippen LogP) is 2.13. The Kier molecular flexibility index (Phi) is 2.72. The first kappa shape index (κ1) is 11.1. The van der Waals surface area contributed by atoms with Crippen LogP contribution in [-0.4, -0.2) is 5.91 Å². The van der Waals surface area contributed by atoms with Crippen molar-refractivity contribution in [1.29, 1.82) is 0 Å². The maximum Gasteiger partial charge on any atom is 0.228 e. The fourth-order valence-electron chi connectivity index (χ4n) is 1.95. The van der Waals surface area contributed by atoms with E-state index in [9.17, 15) is 4.79 Å². The molecule has 0 radical (unpaired) electrons. The van der Waals surface area contributed by atoms with Gasteiger partial charge in [-0.25, -0.2) is 0 Å². The first-order valence-electron chi connectivity index (χ1n) is 5.63. The zero-order chi connectivity index (χ0) is 11.8. The Morgan fingerprint density at radius 2 is 2.12 bits per heavy atom. The lowest BCUT2D eigenvalue weighted by Crippen LogP contribution is -2.18. The first-order chi connectivity index (χ1) is 7.54. The van der Waals surface area contributed by atoms with Crippen molar-refractivity contribution in [2.24, 2.45) is 17.1 Å². The van der Waals surface area contributed by atoms with E-state index in [1.54, 1.807) is 0 Å². The molecule has 0 aromatic heterocycles. The number of nitrogens with one attached hydrogen (secondary N) is 1. The van der Waals surface area contributed by atoms with Crippen molar-refractivity contribution in [3.8, 4) is 0 Å². The second-order valence-electron chi connectivity index (χ2n) is 5.10. The smallest absolute Gasteiger partial charge is 0.228 e. The Bertz CT molecular complexity index is 412. The quantitative estimate of drug-likeness (QED) is 0.816. The van der Waals surface area contributed by atoms with Gasteiger partial charge in [-0.3, -0.25) is 4.79 Å². The van der Waals surface area contributed by atoms with Crippen molar-refractivity contribution in [2.75, 3.05) is 5.32 Å². The topological polar surface area (TPSA) is 55.1 Å². The maximum atomic E-state index is 11.9. The Morgan fingerprint density at radius 3 is 2.69 bits per heavy atom. The Hall–Kier alpha value is -1.35. The third-order valence-corrected chi connectivity index (χ3v) is 3.33. The van der Waals surface area contributed by atoms with Crippen LogP contribution in [0.15, 0.2) is 24.3 Å². The zero-order valence-electron chi connectivity index (χ0n) is 9.79. The van der Waals surface area contributed by atoms with Crippen LogP contribution in [0.25, 0.3) is 0 Å². The molecular formula is C13H18N2O. The summed E-state index contributed by atoms with van der Waals surface area (Å²) in [5.41, 5.74) is 7.61. The molecule has 1 aliphatic carbocycles. The van der Waals surface area contributed by atoms with E-state index in [1.165, 1.54) is 0 Å². The van der Waals surface area contributed by atoms with Crippen molar-refractivity contribution < 1.29 is 4.79 Å². The van der Waals surface area contributed by atoms with Crippen molar-refractivity contribution in [2.45, 2.75) is 26.8 Å². The van der Waals surface area contributed by atoms with Crippen molar-refractivity contribution in [3.63, 3.8) is 0 Å². The Labute approximate surface area is 96.0 Å². The summed E-state index contributed by atoms with van der Waals surface area (Å²) < 4.78 is 0. The molecule has 0 heterocycles. The highest BCUT2D eigenvalue weighted by atomic mass is 16.2. The van der Waals surface area contributed by atoms with Crippen molar-refractivity contribution in [3.05, 3.63) is 29.8 Å². The molecule has 16 heavy (non-hydrogen) atoms. The molecule has 1 amide bonds. The van der Waals surface area contributed by atoms with Gasteiger partial charge in [0, 0.05) is 18.2 Å². The number of hydrogen-bond acceptors (Lipinski definition) is 2. The lowest BCUT2D eigenvalue weighted by atomic mass is 10.1. The molecule has 1 fully saturated rings. The van der Waals surface area contributed by atoms with Crippen LogP contribution >= 0.6 is 0 Å². The normalized spacial score (nSPS) is 21.6. The van der Waals surface area contributed by atoms with Crippen LogP contribution in [0.5, 0.6) is 0 Å². The maximum absolute atomic E-state index is 11.9. The summed E-state index contributed by atoms with van der Waals surface area (Å²) in [5.74, 6) is 0.268. The van der Waals surface area contributed by atoms with Crippen LogP contribution in [-0.2, 0) is 11.3 Å². The molecule has 3 heteroatoms. The Balaban J connectivity index is 2.07. The third kappa shape index (κ3) is 2.09. The number of rotatable bonds is 3. The number of hydrogen-bond donors (Lipinski definition) is 2. The standard InChI is InChI=1S/C13H18N2O/c1-13(2)7-10(13)12(16)15-11-6-4-3-5-9(11)8-14/h3-6,10H,7-8,14H2,1-2H3,(H,15,16). The SMILES string of the molecule is CC1(C)CC1C(=O)Nc1ccccc1CN. The van der Waals surface area contributed by atoms with Crippen LogP contribution in [0.4, 0.5) is 5.69 Å². The molecule has 1 aromatic carbocycles. The van der Waals surface area contributed by atoms with E-state index >= 15 is 0 Å². The largest absolute Gasteiger partial charge is 0.326 e. The molecule has 2 rings (SSSR count). The number of carbonyl (C=O) groups is 1. The summed E-state index contributed by atoms with van der Waals surface area (Å²) in [6, 6.07) is 7.68. The van der Waals surface area contributed by atoms with Crippen LogP contribution in [0.2, 0.25) is 0 Å². The molecule has 0 aliphatic heterocycles. The minimum atomic E-state index is 0.117. The molecule has 1 saturated carbocycles. The number of para-hydroxylation sites is 1. The van der Waals surface area contributed by atoms with Gasteiger partial charge in [0.2, 0.25) is 5.91 Å². The molecule has 86 valence electrons. The highest BCUT2D eigenvalue weighted by Crippen LogP contribution is 2.52. The van der Waals surface area contributed by atoms with E-state index in [4.69, 9.17) is 5.73 Å². The van der Waals surface area contributed by atoms with Gasteiger partial charge in [0.1, 0.15) is 0 Å². The zero-order valence-corrected chi connectivity index (χ0v) is 9.79. The van der Waals surface area contributed by atoms with E-state index in [0.29, 0.717) is 6.54 Å². The van der Waals surface area contributed by atoms with E-state index in [2.05, 4.69) is 19.2 Å². The van der Waals surface area contributed by atoms with E-state index in [0.717, 1.165) is 17.7 Å². The second-order valence-corrected chi connectivity index (χ2v) is 5.10. The highest BCUT2D eigenvalue weighted by molar-refractivity contribution is 5.95. The average Bonchev–Trinajstić information content (AvgIpc) is 2.89. The highest BCUT2D eigenvalue weighted by Gasteiger charge is 2.50. The number of nitrogens with two attached hydrogens (primary N) is 1. The summed E-state index contributed by atoms with van der Waals surface area (Å²) in [5, 5.41) is 2.96. The van der Waals surface area contributed by atoms with Crippen molar-refractivity contribution >= 4 is 11.6 Å². The van der Waals surface area contributed by atoms with Crippen LogP contribution in [0.1, 0.15) is 25.8 Å². The lowest BCUT2D eigenvalue weighted by molar-refractivity contribution is -0.118. The van der Waals surface area contributed by atoms with Crippen LogP contribution in [0.3, 0.4) is 0 Å². The molecule has 0 bridgehead atoms. The number of carbonyl (C=O) groups excluding carboxylic acids is 1. The fourth-order valence-corrected chi connectivity index (χ4v) is 1.95. The predicted molar refractivity (Wildman–Crippen MR) is 64.9 cm³/mol. The molecule has 3 N–H and O–H groups in total.